The Labute approximate surface area is 85.4 Å². The van der Waals surface area contributed by atoms with E-state index in [4.69, 9.17) is 4.74 Å². The van der Waals surface area contributed by atoms with Gasteiger partial charge in [0.2, 0.25) is 0 Å². The molecular formula is C11H19NO2. The minimum atomic E-state index is -0.0533. The number of esters is 1. The van der Waals surface area contributed by atoms with Crippen molar-refractivity contribution >= 4 is 5.97 Å². The summed E-state index contributed by atoms with van der Waals surface area (Å²) < 4.78 is 4.79. The Bertz CT molecular complexity index is 225. The molecule has 0 aromatic heterocycles. The van der Waals surface area contributed by atoms with Crippen LogP contribution in [0.2, 0.25) is 0 Å². The fourth-order valence-corrected chi connectivity index (χ4v) is 2.48. The van der Waals surface area contributed by atoms with Crippen molar-refractivity contribution in [1.82, 2.24) is 4.90 Å². The van der Waals surface area contributed by atoms with Gasteiger partial charge in [-0.05, 0) is 32.1 Å². The summed E-state index contributed by atoms with van der Waals surface area (Å²) in [5, 5.41) is 0. The molecular weight excluding hydrogens is 178 g/mol. The number of methoxy groups -OCH3 is 1. The van der Waals surface area contributed by atoms with Crippen LogP contribution in [0.1, 0.15) is 32.6 Å². The summed E-state index contributed by atoms with van der Waals surface area (Å²) in [6.07, 6.45) is 5.02. The van der Waals surface area contributed by atoms with Gasteiger partial charge in [0.25, 0.3) is 0 Å². The molecule has 80 valence electrons. The minimum absolute atomic E-state index is 0.0515. The lowest BCUT2D eigenvalue weighted by Crippen LogP contribution is -2.58. The molecule has 0 N–H and O–H groups in total. The Hall–Kier alpha value is -0.570. The van der Waals surface area contributed by atoms with Crippen LogP contribution in [0.5, 0.6) is 0 Å². The number of likely N-dealkylation sites (tertiary alicyclic amines) is 1. The summed E-state index contributed by atoms with van der Waals surface area (Å²) in [6, 6.07) is 0.622. The number of hydrogen-bond donors (Lipinski definition) is 0. The van der Waals surface area contributed by atoms with Gasteiger partial charge in [0, 0.05) is 12.6 Å². The van der Waals surface area contributed by atoms with Crippen LogP contribution >= 0.6 is 0 Å². The Balaban J connectivity index is 1.88. The molecule has 3 heteroatoms. The molecule has 0 radical (unpaired) electrons. The number of carbonyl (C=O) groups excluding carboxylic acids is 1. The fraction of sp³-hybridized carbons (Fsp3) is 0.909. The molecule has 3 nitrogen and oxygen atoms in total. The van der Waals surface area contributed by atoms with E-state index < -0.39 is 0 Å². The van der Waals surface area contributed by atoms with E-state index in [0.29, 0.717) is 6.04 Å². The van der Waals surface area contributed by atoms with Gasteiger partial charge < -0.3 is 4.74 Å². The number of ether oxygens (including phenoxy) is 1. The van der Waals surface area contributed by atoms with Crippen LogP contribution in [0.15, 0.2) is 0 Å². The van der Waals surface area contributed by atoms with Gasteiger partial charge in [-0.15, -0.1) is 0 Å². The van der Waals surface area contributed by atoms with E-state index in [-0.39, 0.29) is 12.0 Å². The predicted molar refractivity (Wildman–Crippen MR) is 53.9 cm³/mol. The van der Waals surface area contributed by atoms with Gasteiger partial charge >= 0.3 is 5.97 Å². The molecule has 14 heavy (non-hydrogen) atoms. The van der Waals surface area contributed by atoms with Gasteiger partial charge in [-0.1, -0.05) is 6.42 Å². The zero-order valence-corrected chi connectivity index (χ0v) is 9.03. The summed E-state index contributed by atoms with van der Waals surface area (Å²) in [7, 11) is 1.48. The second-order valence-corrected chi connectivity index (χ2v) is 4.50. The van der Waals surface area contributed by atoms with E-state index >= 15 is 0 Å². The van der Waals surface area contributed by atoms with Crippen molar-refractivity contribution in [1.29, 1.82) is 0 Å². The topological polar surface area (TPSA) is 29.5 Å². The third-order valence-corrected chi connectivity index (χ3v) is 3.89. The lowest BCUT2D eigenvalue weighted by molar-refractivity contribution is -0.155. The zero-order chi connectivity index (χ0) is 10.1. The van der Waals surface area contributed by atoms with Crippen LogP contribution in [-0.2, 0) is 9.53 Å². The third kappa shape index (κ3) is 1.54. The van der Waals surface area contributed by atoms with Crippen molar-refractivity contribution in [3.05, 3.63) is 0 Å². The average Bonchev–Trinajstić information content (AvgIpc) is 1.98. The maximum atomic E-state index is 11.4. The highest BCUT2D eigenvalue weighted by atomic mass is 16.5. The largest absolute Gasteiger partial charge is 0.468 e. The molecule has 1 heterocycles. The first-order valence-corrected chi connectivity index (χ1v) is 5.57. The van der Waals surface area contributed by atoms with Crippen LogP contribution in [0.25, 0.3) is 0 Å². The van der Waals surface area contributed by atoms with Crippen molar-refractivity contribution in [2.75, 3.05) is 13.7 Å². The fourth-order valence-electron chi connectivity index (χ4n) is 2.48. The first-order chi connectivity index (χ1) is 6.74. The maximum Gasteiger partial charge on any atom is 0.323 e. The normalized spacial score (nSPS) is 30.3. The quantitative estimate of drug-likeness (QED) is 0.641. The van der Waals surface area contributed by atoms with Crippen molar-refractivity contribution in [2.24, 2.45) is 5.92 Å². The first kappa shape index (κ1) is 9.97. The minimum Gasteiger partial charge on any atom is -0.468 e. The Morgan fingerprint density at radius 1 is 1.43 bits per heavy atom. The van der Waals surface area contributed by atoms with Crippen molar-refractivity contribution in [2.45, 2.75) is 44.7 Å². The lowest BCUT2D eigenvalue weighted by atomic mass is 9.78. The number of carbonyl (C=O) groups is 1. The van der Waals surface area contributed by atoms with Gasteiger partial charge in [-0.25, -0.2) is 0 Å². The van der Waals surface area contributed by atoms with Crippen molar-refractivity contribution in [3.8, 4) is 0 Å². The van der Waals surface area contributed by atoms with E-state index in [9.17, 15) is 4.79 Å². The monoisotopic (exact) mass is 197 g/mol. The Morgan fingerprint density at radius 2 is 2.14 bits per heavy atom. The van der Waals surface area contributed by atoms with Gasteiger partial charge in [-0.3, -0.25) is 9.69 Å². The van der Waals surface area contributed by atoms with Crippen LogP contribution in [0, 0.1) is 5.92 Å². The highest BCUT2D eigenvalue weighted by Gasteiger charge is 2.41. The standard InChI is InChI=1S/C11H19NO2/c1-8(9-4-3-5-9)12-7-6-10(12)11(13)14-2/h8-10H,3-7H2,1-2H3. The molecule has 0 amide bonds. The lowest BCUT2D eigenvalue weighted by Gasteiger charge is -2.47. The van der Waals surface area contributed by atoms with Crippen LogP contribution in [-0.4, -0.2) is 36.6 Å². The summed E-state index contributed by atoms with van der Waals surface area (Å²) in [5.41, 5.74) is 0. The van der Waals surface area contributed by atoms with Gasteiger partial charge in [-0.2, -0.15) is 0 Å². The van der Waals surface area contributed by atoms with E-state index in [1.54, 1.807) is 0 Å². The number of hydrogen-bond acceptors (Lipinski definition) is 3. The molecule has 1 aliphatic carbocycles. The molecule has 2 atom stereocenters. The highest BCUT2D eigenvalue weighted by molar-refractivity contribution is 5.76. The van der Waals surface area contributed by atoms with Gasteiger partial charge in [0.1, 0.15) is 6.04 Å². The van der Waals surface area contributed by atoms with E-state index in [0.717, 1.165) is 18.9 Å². The average molecular weight is 197 g/mol. The third-order valence-electron chi connectivity index (χ3n) is 3.89. The van der Waals surface area contributed by atoms with Crippen molar-refractivity contribution in [3.63, 3.8) is 0 Å². The molecule has 0 bridgehead atoms. The van der Waals surface area contributed by atoms with Gasteiger partial charge in [0.15, 0.2) is 0 Å². The van der Waals surface area contributed by atoms with Crippen molar-refractivity contribution < 1.29 is 9.53 Å². The molecule has 1 aliphatic heterocycles. The highest BCUT2D eigenvalue weighted by Crippen LogP contribution is 2.35. The molecule has 2 unspecified atom stereocenters. The molecule has 2 rings (SSSR count). The van der Waals surface area contributed by atoms with Crippen LogP contribution in [0.3, 0.4) is 0 Å². The van der Waals surface area contributed by atoms with Crippen LogP contribution < -0.4 is 0 Å². The molecule has 2 fully saturated rings. The molecule has 0 spiro atoms. The van der Waals surface area contributed by atoms with E-state index in [1.165, 1.54) is 26.4 Å². The SMILES string of the molecule is COC(=O)C1CCN1C(C)C1CCC1. The first-order valence-electron chi connectivity index (χ1n) is 5.57. The maximum absolute atomic E-state index is 11.4. The second kappa shape index (κ2) is 3.89. The number of rotatable bonds is 3. The summed E-state index contributed by atoms with van der Waals surface area (Å²) in [6.45, 7) is 3.32. The molecule has 2 aliphatic rings. The Morgan fingerprint density at radius 3 is 2.50 bits per heavy atom. The summed E-state index contributed by atoms with van der Waals surface area (Å²) >= 11 is 0. The second-order valence-electron chi connectivity index (χ2n) is 4.50. The van der Waals surface area contributed by atoms with Gasteiger partial charge in [0.05, 0.1) is 7.11 Å². The molecule has 1 saturated heterocycles. The molecule has 0 aromatic rings. The summed E-state index contributed by atoms with van der Waals surface area (Å²) in [4.78, 5) is 13.7. The van der Waals surface area contributed by atoms with Crippen LogP contribution in [0.4, 0.5) is 0 Å². The zero-order valence-electron chi connectivity index (χ0n) is 9.03. The smallest absolute Gasteiger partial charge is 0.323 e. The van der Waals surface area contributed by atoms with E-state index in [1.807, 2.05) is 0 Å². The molecule has 1 saturated carbocycles. The summed E-state index contributed by atoms with van der Waals surface area (Å²) in [5.74, 6) is 0.768. The predicted octanol–water partition coefficient (Wildman–Crippen LogP) is 1.42. The molecule has 0 aromatic carbocycles. The van der Waals surface area contributed by atoms with E-state index in [2.05, 4.69) is 11.8 Å². The number of nitrogens with zero attached hydrogens (tertiary/aromatic N) is 1. The Kier molecular flexibility index (Phi) is 2.77.